The maximum atomic E-state index is 14.0. The van der Waals surface area contributed by atoms with Crippen LogP contribution in [0.5, 0.6) is 0 Å². The molecule has 0 spiro atoms. The Labute approximate surface area is 216 Å². The predicted molar refractivity (Wildman–Crippen MR) is 135 cm³/mol. The summed E-state index contributed by atoms with van der Waals surface area (Å²) in [4.78, 5) is 18.4. The highest BCUT2D eigenvalue weighted by Crippen LogP contribution is 2.47. The second-order valence-electron chi connectivity index (χ2n) is 9.19. The number of halogens is 1. The minimum atomic E-state index is -3.87. The van der Waals surface area contributed by atoms with Crippen molar-refractivity contribution in [2.24, 2.45) is 5.41 Å². The van der Waals surface area contributed by atoms with Crippen molar-refractivity contribution in [2.45, 2.75) is 31.2 Å². The fraction of sp³-hybridized carbons (Fsp3) is 0.280. The molecule has 12 heteroatoms. The zero-order valence-electron chi connectivity index (χ0n) is 19.9. The monoisotopic (exact) mass is 538 g/mol. The third-order valence-corrected chi connectivity index (χ3v) is 9.51. The molecule has 4 aromatic rings. The molecule has 1 unspecified atom stereocenters. The lowest BCUT2D eigenvalue weighted by atomic mass is 9.65. The number of hydrogen-bond acceptors (Lipinski definition) is 7. The molecule has 1 aliphatic heterocycles. The fourth-order valence-corrected chi connectivity index (χ4v) is 7.17. The molecule has 1 atom stereocenters. The van der Waals surface area contributed by atoms with Crippen LogP contribution in [0.25, 0.3) is 11.8 Å². The maximum absolute atomic E-state index is 14.0. The van der Waals surface area contributed by atoms with Crippen molar-refractivity contribution < 1.29 is 17.6 Å². The number of sulfonamides is 1. The van der Waals surface area contributed by atoms with Crippen LogP contribution >= 0.6 is 11.3 Å². The largest absolute Gasteiger partial charge is 0.291 e. The van der Waals surface area contributed by atoms with Crippen molar-refractivity contribution in [3.8, 4) is 5.69 Å². The van der Waals surface area contributed by atoms with Crippen LogP contribution in [0.15, 0.2) is 64.2 Å². The van der Waals surface area contributed by atoms with E-state index in [9.17, 15) is 17.6 Å². The minimum absolute atomic E-state index is 0.00397. The van der Waals surface area contributed by atoms with Gasteiger partial charge >= 0.3 is 0 Å². The zero-order chi connectivity index (χ0) is 25.8. The number of ketones is 1. The Morgan fingerprint density at radius 1 is 1.19 bits per heavy atom. The van der Waals surface area contributed by atoms with Crippen molar-refractivity contribution in [1.82, 2.24) is 28.9 Å². The number of rotatable bonds is 6. The molecule has 1 aromatic carbocycles. The summed E-state index contributed by atoms with van der Waals surface area (Å²) in [5.74, 6) is -0.543. The summed E-state index contributed by atoms with van der Waals surface area (Å²) < 4.78 is 45.3. The van der Waals surface area contributed by atoms with E-state index in [1.54, 1.807) is 38.6 Å². The number of aryl methyl sites for hydroxylation is 1. The van der Waals surface area contributed by atoms with Gasteiger partial charge < -0.3 is 0 Å². The molecule has 190 valence electrons. The van der Waals surface area contributed by atoms with E-state index in [0.29, 0.717) is 24.3 Å². The zero-order valence-corrected chi connectivity index (χ0v) is 21.5. The second kappa shape index (κ2) is 8.82. The summed E-state index contributed by atoms with van der Waals surface area (Å²) in [7, 11) is -3.87. The number of fused-ring (bicyclic) bond motifs is 2. The summed E-state index contributed by atoms with van der Waals surface area (Å²) in [6.07, 6.45) is 7.17. The van der Waals surface area contributed by atoms with Crippen LogP contribution in [0.2, 0.25) is 0 Å². The molecule has 9 nitrogen and oxygen atoms in total. The molecule has 0 radical (unpaired) electrons. The van der Waals surface area contributed by atoms with E-state index in [2.05, 4.69) is 15.2 Å². The molecule has 2 aliphatic rings. The molecule has 0 N–H and O–H groups in total. The molecule has 0 bridgehead atoms. The van der Waals surface area contributed by atoms with Crippen molar-refractivity contribution in [2.75, 3.05) is 13.1 Å². The first-order valence-corrected chi connectivity index (χ1v) is 14.2. The Bertz CT molecular complexity index is 1620. The Balaban J connectivity index is 1.43. The van der Waals surface area contributed by atoms with E-state index in [1.807, 2.05) is 13.0 Å². The van der Waals surface area contributed by atoms with E-state index in [-0.39, 0.29) is 36.0 Å². The van der Waals surface area contributed by atoms with Gasteiger partial charge in [0.1, 0.15) is 16.4 Å². The Morgan fingerprint density at radius 3 is 2.70 bits per heavy atom. The third kappa shape index (κ3) is 3.87. The molecule has 1 fully saturated rings. The van der Waals surface area contributed by atoms with E-state index in [0.717, 1.165) is 16.8 Å². The highest BCUT2D eigenvalue weighted by Gasteiger charge is 2.51. The van der Waals surface area contributed by atoms with Gasteiger partial charge in [0, 0.05) is 31.2 Å². The van der Waals surface area contributed by atoms with Crippen LogP contribution < -0.4 is 0 Å². The molecule has 0 amide bonds. The van der Waals surface area contributed by atoms with Gasteiger partial charge in [-0.05, 0) is 55.7 Å². The Kier molecular flexibility index (Phi) is 5.70. The van der Waals surface area contributed by atoms with Crippen LogP contribution in [-0.2, 0) is 23.0 Å². The first kappa shape index (κ1) is 23.9. The standard InChI is InChI=1S/C25H23FN6O3S2/c1-2-30-13-21(12-28-30)37(34,35)31-8-7-18-9-23-17(11-29-32(23)20-5-3-19(26)4-6-20)10-25(18,15-31)24(33)22-14-36-16-27-22/h3-6,9,11-14,16H,2,7-8,10,15H2,1H3. The normalized spacial score (nSPS) is 19.8. The minimum Gasteiger partial charge on any atom is -0.291 e. The summed E-state index contributed by atoms with van der Waals surface area (Å²) in [5, 5.41) is 10.3. The lowest BCUT2D eigenvalue weighted by molar-refractivity contribution is 0.0771. The number of piperidine rings is 1. The smallest absolute Gasteiger partial charge is 0.246 e. The van der Waals surface area contributed by atoms with Gasteiger partial charge in [-0.25, -0.2) is 22.5 Å². The number of carbonyl (C=O) groups excluding carboxylic acids is 1. The van der Waals surface area contributed by atoms with Crippen molar-refractivity contribution >= 4 is 33.2 Å². The number of hydrogen-bond donors (Lipinski definition) is 0. The lowest BCUT2D eigenvalue weighted by Crippen LogP contribution is -2.53. The SMILES string of the molecule is CCn1cc(S(=O)(=O)N2CCC3=Cc4c(cnn4-c4ccc(F)cc4)CC3(C(=O)c3cscn3)C2)cn1. The van der Waals surface area contributed by atoms with Crippen LogP contribution in [0.3, 0.4) is 0 Å². The Hall–Kier alpha value is -3.48. The van der Waals surface area contributed by atoms with Crippen molar-refractivity contribution in [1.29, 1.82) is 0 Å². The molecular formula is C25H23FN6O3S2. The summed E-state index contributed by atoms with van der Waals surface area (Å²) in [6.45, 7) is 2.66. The van der Waals surface area contributed by atoms with Gasteiger partial charge in [0.05, 0.1) is 34.7 Å². The molecule has 4 heterocycles. The average Bonchev–Trinajstić information content (AvgIpc) is 3.68. The molecular weight excluding hydrogens is 515 g/mol. The molecule has 3 aromatic heterocycles. The van der Waals surface area contributed by atoms with Crippen molar-refractivity contribution in [3.63, 3.8) is 0 Å². The first-order chi connectivity index (χ1) is 17.8. The first-order valence-electron chi connectivity index (χ1n) is 11.8. The fourth-order valence-electron chi connectivity index (χ4n) is 5.18. The van der Waals surface area contributed by atoms with Gasteiger partial charge in [-0.1, -0.05) is 5.57 Å². The topological polar surface area (TPSA) is 103 Å². The lowest BCUT2D eigenvalue weighted by Gasteiger charge is -2.44. The van der Waals surface area contributed by atoms with Crippen LogP contribution in [0, 0.1) is 11.2 Å². The van der Waals surface area contributed by atoms with Gasteiger partial charge in [-0.15, -0.1) is 11.3 Å². The summed E-state index contributed by atoms with van der Waals surface area (Å²) in [6, 6.07) is 6.04. The summed E-state index contributed by atoms with van der Waals surface area (Å²) >= 11 is 1.32. The molecule has 0 saturated carbocycles. The average molecular weight is 539 g/mol. The van der Waals surface area contributed by atoms with E-state index in [1.165, 1.54) is 40.2 Å². The molecule has 6 rings (SSSR count). The number of carbonyl (C=O) groups is 1. The molecule has 37 heavy (non-hydrogen) atoms. The second-order valence-corrected chi connectivity index (χ2v) is 11.9. The highest BCUT2D eigenvalue weighted by atomic mass is 32.2. The number of nitrogens with zero attached hydrogens (tertiary/aromatic N) is 6. The number of benzene rings is 1. The Morgan fingerprint density at radius 2 is 2.00 bits per heavy atom. The van der Waals surface area contributed by atoms with Gasteiger partial charge in [0.2, 0.25) is 10.0 Å². The predicted octanol–water partition coefficient (Wildman–Crippen LogP) is 3.59. The quantitative estimate of drug-likeness (QED) is 0.348. The third-order valence-electron chi connectivity index (χ3n) is 7.12. The van der Waals surface area contributed by atoms with Gasteiger partial charge in [-0.3, -0.25) is 9.48 Å². The maximum Gasteiger partial charge on any atom is 0.246 e. The van der Waals surface area contributed by atoms with Gasteiger partial charge in [0.15, 0.2) is 5.78 Å². The molecule has 1 saturated heterocycles. The summed E-state index contributed by atoms with van der Waals surface area (Å²) in [5.41, 5.74) is 3.99. The van der Waals surface area contributed by atoms with Crippen LogP contribution in [0.4, 0.5) is 4.39 Å². The number of Topliss-reactive ketones (excluding diaryl/α,β-unsaturated/α-hetero) is 1. The van der Waals surface area contributed by atoms with E-state index >= 15 is 0 Å². The van der Waals surface area contributed by atoms with Crippen LogP contribution in [0.1, 0.15) is 35.1 Å². The van der Waals surface area contributed by atoms with Crippen molar-refractivity contribution in [3.05, 3.63) is 82.1 Å². The number of thiazole rings is 1. The van der Waals surface area contributed by atoms with E-state index in [4.69, 9.17) is 0 Å². The highest BCUT2D eigenvalue weighted by molar-refractivity contribution is 7.89. The number of aromatic nitrogens is 5. The molecule has 1 aliphatic carbocycles. The van der Waals surface area contributed by atoms with Gasteiger partial charge in [0.25, 0.3) is 0 Å². The van der Waals surface area contributed by atoms with Crippen LogP contribution in [-0.4, -0.2) is 56.1 Å². The van der Waals surface area contributed by atoms with Gasteiger partial charge in [-0.2, -0.15) is 14.5 Å². The van der Waals surface area contributed by atoms with E-state index < -0.39 is 15.4 Å².